The molecule has 0 unspecified atom stereocenters. The summed E-state index contributed by atoms with van der Waals surface area (Å²) >= 11 is 1.78. The lowest BCUT2D eigenvalue weighted by Crippen LogP contribution is -2.08. The second-order valence-corrected chi connectivity index (χ2v) is 4.33. The Morgan fingerprint density at radius 1 is 1.50 bits per heavy atom. The maximum absolute atomic E-state index is 8.66. The SMILES string of the molecule is CCc1ccc([C@@H](N)CCCO)s1.Cl. The molecule has 0 bridgehead atoms. The first-order valence-corrected chi connectivity index (χ1v) is 5.54. The van der Waals surface area contributed by atoms with E-state index in [-0.39, 0.29) is 25.1 Å². The fourth-order valence-corrected chi connectivity index (χ4v) is 2.23. The number of thiophene rings is 1. The molecule has 0 spiro atoms. The molecule has 0 aromatic carbocycles. The van der Waals surface area contributed by atoms with Gasteiger partial charge in [0.1, 0.15) is 0 Å². The molecule has 0 saturated carbocycles. The summed E-state index contributed by atoms with van der Waals surface area (Å²) in [6, 6.07) is 4.35. The van der Waals surface area contributed by atoms with E-state index in [2.05, 4.69) is 19.1 Å². The number of rotatable bonds is 5. The van der Waals surface area contributed by atoms with Gasteiger partial charge >= 0.3 is 0 Å². The summed E-state index contributed by atoms with van der Waals surface area (Å²) in [5, 5.41) is 8.66. The second kappa shape index (κ2) is 7.23. The number of hydrogen-bond donors (Lipinski definition) is 2. The van der Waals surface area contributed by atoms with Gasteiger partial charge in [-0.05, 0) is 31.4 Å². The average molecular weight is 236 g/mol. The molecule has 1 rings (SSSR count). The van der Waals surface area contributed by atoms with E-state index in [4.69, 9.17) is 10.8 Å². The Bertz CT molecular complexity index is 252. The summed E-state index contributed by atoms with van der Waals surface area (Å²) in [6.07, 6.45) is 2.75. The zero-order valence-electron chi connectivity index (χ0n) is 8.40. The molecule has 0 saturated heterocycles. The van der Waals surface area contributed by atoms with E-state index < -0.39 is 0 Å². The zero-order valence-corrected chi connectivity index (χ0v) is 10.0. The largest absolute Gasteiger partial charge is 0.396 e. The van der Waals surface area contributed by atoms with E-state index in [0.717, 1.165) is 19.3 Å². The lowest BCUT2D eigenvalue weighted by atomic mass is 10.1. The highest BCUT2D eigenvalue weighted by Gasteiger charge is 2.07. The highest BCUT2D eigenvalue weighted by Crippen LogP contribution is 2.24. The Morgan fingerprint density at radius 3 is 2.71 bits per heavy atom. The molecule has 1 aromatic rings. The quantitative estimate of drug-likeness (QED) is 0.824. The summed E-state index contributed by atoms with van der Waals surface area (Å²) < 4.78 is 0. The van der Waals surface area contributed by atoms with E-state index in [1.54, 1.807) is 11.3 Å². The van der Waals surface area contributed by atoms with Crippen LogP contribution in [0.25, 0.3) is 0 Å². The molecule has 0 aliphatic rings. The van der Waals surface area contributed by atoms with Crippen LogP contribution in [0.4, 0.5) is 0 Å². The van der Waals surface area contributed by atoms with Crippen LogP contribution in [0.2, 0.25) is 0 Å². The van der Waals surface area contributed by atoms with Gasteiger partial charge in [0.2, 0.25) is 0 Å². The summed E-state index contributed by atoms with van der Waals surface area (Å²) in [7, 11) is 0. The molecule has 0 aliphatic heterocycles. The van der Waals surface area contributed by atoms with Crippen molar-refractivity contribution in [2.24, 2.45) is 5.73 Å². The Kier molecular flexibility index (Phi) is 7.19. The summed E-state index contributed by atoms with van der Waals surface area (Å²) in [4.78, 5) is 2.62. The Morgan fingerprint density at radius 2 is 2.21 bits per heavy atom. The molecular weight excluding hydrogens is 218 g/mol. The van der Waals surface area contributed by atoms with Gasteiger partial charge in [-0.2, -0.15) is 0 Å². The van der Waals surface area contributed by atoms with Crippen molar-refractivity contribution in [3.63, 3.8) is 0 Å². The molecular formula is C10H18ClNOS. The number of nitrogens with two attached hydrogens (primary N) is 1. The van der Waals surface area contributed by atoms with Crippen molar-refractivity contribution in [3.05, 3.63) is 21.9 Å². The van der Waals surface area contributed by atoms with E-state index in [1.807, 2.05) is 0 Å². The van der Waals surface area contributed by atoms with Crippen LogP contribution < -0.4 is 5.73 Å². The fraction of sp³-hybridized carbons (Fsp3) is 0.600. The van der Waals surface area contributed by atoms with Crippen molar-refractivity contribution in [2.75, 3.05) is 6.61 Å². The highest BCUT2D eigenvalue weighted by atomic mass is 35.5. The van der Waals surface area contributed by atoms with Crippen LogP contribution in [0.3, 0.4) is 0 Å². The Hall–Kier alpha value is -0.0900. The lowest BCUT2D eigenvalue weighted by Gasteiger charge is -2.07. The first-order chi connectivity index (χ1) is 6.27. The number of hydrogen-bond acceptors (Lipinski definition) is 3. The molecule has 2 nitrogen and oxygen atoms in total. The van der Waals surface area contributed by atoms with E-state index in [1.165, 1.54) is 9.75 Å². The van der Waals surface area contributed by atoms with Gasteiger partial charge in [-0.1, -0.05) is 6.92 Å². The van der Waals surface area contributed by atoms with E-state index >= 15 is 0 Å². The third-order valence-corrected chi connectivity index (χ3v) is 3.43. The van der Waals surface area contributed by atoms with Crippen molar-refractivity contribution < 1.29 is 5.11 Å². The summed E-state index contributed by atoms with van der Waals surface area (Å²) in [5.74, 6) is 0. The molecule has 0 amide bonds. The molecule has 14 heavy (non-hydrogen) atoms. The zero-order chi connectivity index (χ0) is 9.68. The van der Waals surface area contributed by atoms with Gasteiger partial charge in [0.15, 0.2) is 0 Å². The number of aryl methyl sites for hydroxylation is 1. The molecule has 3 N–H and O–H groups in total. The van der Waals surface area contributed by atoms with Crippen LogP contribution in [-0.4, -0.2) is 11.7 Å². The van der Waals surface area contributed by atoms with Gasteiger partial charge in [-0.15, -0.1) is 23.7 Å². The molecule has 1 atom stereocenters. The molecule has 4 heteroatoms. The van der Waals surface area contributed by atoms with Gasteiger partial charge in [-0.25, -0.2) is 0 Å². The van der Waals surface area contributed by atoms with Crippen molar-refractivity contribution in [1.29, 1.82) is 0 Å². The topological polar surface area (TPSA) is 46.2 Å². The minimum atomic E-state index is 0. The standard InChI is InChI=1S/C10H17NOS.ClH/c1-2-8-5-6-10(13-8)9(11)4-3-7-12;/h5-6,9,12H,2-4,7,11H2,1H3;1H/t9-;/m0./s1. The van der Waals surface area contributed by atoms with Crippen LogP contribution in [0.5, 0.6) is 0 Å². The molecule has 82 valence electrons. The first-order valence-electron chi connectivity index (χ1n) is 4.73. The predicted octanol–water partition coefficient (Wildman–Crippen LogP) is 2.50. The van der Waals surface area contributed by atoms with Crippen molar-refractivity contribution in [2.45, 2.75) is 32.2 Å². The summed E-state index contributed by atoms with van der Waals surface area (Å²) in [5.41, 5.74) is 5.95. The maximum atomic E-state index is 8.66. The maximum Gasteiger partial charge on any atom is 0.0431 e. The van der Waals surface area contributed by atoms with Crippen molar-refractivity contribution in [1.82, 2.24) is 0 Å². The summed E-state index contributed by atoms with van der Waals surface area (Å²) in [6.45, 7) is 2.38. The van der Waals surface area contributed by atoms with Gasteiger partial charge < -0.3 is 10.8 Å². The highest BCUT2D eigenvalue weighted by molar-refractivity contribution is 7.12. The smallest absolute Gasteiger partial charge is 0.0431 e. The van der Waals surface area contributed by atoms with Gasteiger partial charge in [0, 0.05) is 22.4 Å². The first kappa shape index (κ1) is 13.9. The van der Waals surface area contributed by atoms with Crippen LogP contribution in [0.15, 0.2) is 12.1 Å². The monoisotopic (exact) mass is 235 g/mol. The second-order valence-electron chi connectivity index (χ2n) is 3.13. The number of aliphatic hydroxyl groups excluding tert-OH is 1. The van der Waals surface area contributed by atoms with Gasteiger partial charge in [-0.3, -0.25) is 0 Å². The van der Waals surface area contributed by atoms with E-state index in [0.29, 0.717) is 0 Å². The third kappa shape index (κ3) is 3.96. The van der Waals surface area contributed by atoms with Crippen LogP contribution in [-0.2, 0) is 6.42 Å². The van der Waals surface area contributed by atoms with Crippen LogP contribution >= 0.6 is 23.7 Å². The lowest BCUT2D eigenvalue weighted by molar-refractivity contribution is 0.280. The number of aliphatic hydroxyl groups is 1. The molecule has 0 aliphatic carbocycles. The Balaban J connectivity index is 0.00000169. The Labute approximate surface area is 95.5 Å². The van der Waals surface area contributed by atoms with Crippen molar-refractivity contribution in [3.8, 4) is 0 Å². The number of halogens is 1. The normalized spacial score (nSPS) is 12.2. The van der Waals surface area contributed by atoms with Gasteiger partial charge in [0.25, 0.3) is 0 Å². The minimum absolute atomic E-state index is 0. The molecule has 0 fully saturated rings. The predicted molar refractivity (Wildman–Crippen MR) is 64.2 cm³/mol. The third-order valence-electron chi connectivity index (χ3n) is 2.07. The molecule has 1 aromatic heterocycles. The van der Waals surface area contributed by atoms with E-state index in [9.17, 15) is 0 Å². The van der Waals surface area contributed by atoms with Crippen LogP contribution in [0, 0.1) is 0 Å². The van der Waals surface area contributed by atoms with Crippen molar-refractivity contribution >= 4 is 23.7 Å². The minimum Gasteiger partial charge on any atom is -0.396 e. The average Bonchev–Trinajstić information content (AvgIpc) is 2.62. The molecule has 0 radical (unpaired) electrons. The fourth-order valence-electron chi connectivity index (χ4n) is 1.24. The van der Waals surface area contributed by atoms with Gasteiger partial charge in [0.05, 0.1) is 0 Å². The van der Waals surface area contributed by atoms with Crippen LogP contribution in [0.1, 0.15) is 35.6 Å². The molecule has 1 heterocycles.